The van der Waals surface area contributed by atoms with Crippen molar-refractivity contribution in [1.29, 1.82) is 0 Å². The molecule has 0 aromatic heterocycles. The molecule has 1 atom stereocenters. The maximum atomic E-state index is 12.5. The molecule has 124 valence electrons. The largest absolute Gasteiger partial charge is 0.366 e. The molecule has 0 N–H and O–H groups in total. The topological polar surface area (TPSA) is 43.4 Å². The number of unbranched alkanes of at least 4 members (excludes halogenated alkanes) is 1. The lowest BCUT2D eigenvalue weighted by Gasteiger charge is -2.48. The molecule has 3 heteroatoms. The molecule has 0 radical (unpaired) electrons. The van der Waals surface area contributed by atoms with Gasteiger partial charge in [0, 0.05) is 11.8 Å². The Kier molecular flexibility index (Phi) is 6.30. The van der Waals surface area contributed by atoms with E-state index in [0.29, 0.717) is 13.0 Å². The maximum Gasteiger partial charge on any atom is 0.159 e. The van der Waals surface area contributed by atoms with Crippen LogP contribution in [0, 0.1) is 5.41 Å². The Hall–Kier alpha value is -1.22. The first-order valence-electron chi connectivity index (χ1n) is 8.18. The molecule has 0 aromatic rings. The third-order valence-corrected chi connectivity index (χ3v) is 5.12. The van der Waals surface area contributed by atoms with E-state index in [4.69, 9.17) is 4.74 Å². The highest BCUT2D eigenvalue weighted by Gasteiger charge is 2.49. The highest BCUT2D eigenvalue weighted by molar-refractivity contribution is 5.98. The number of ketones is 1. The molecule has 22 heavy (non-hydrogen) atoms. The highest BCUT2D eigenvalue weighted by Crippen LogP contribution is 2.48. The minimum atomic E-state index is -0.484. The average molecular weight is 306 g/mol. The van der Waals surface area contributed by atoms with Crippen molar-refractivity contribution < 1.29 is 14.3 Å². The van der Waals surface area contributed by atoms with E-state index in [0.717, 1.165) is 42.3 Å². The van der Waals surface area contributed by atoms with Gasteiger partial charge in [0.25, 0.3) is 0 Å². The van der Waals surface area contributed by atoms with Gasteiger partial charge in [-0.3, -0.25) is 9.59 Å². The normalized spacial score (nSPS) is 25.5. The van der Waals surface area contributed by atoms with Gasteiger partial charge in [-0.1, -0.05) is 27.2 Å². The van der Waals surface area contributed by atoms with E-state index < -0.39 is 5.60 Å². The van der Waals surface area contributed by atoms with Crippen molar-refractivity contribution in [3.05, 3.63) is 22.8 Å². The van der Waals surface area contributed by atoms with Gasteiger partial charge in [0.2, 0.25) is 0 Å². The second-order valence-corrected chi connectivity index (χ2v) is 7.16. The Morgan fingerprint density at radius 3 is 2.50 bits per heavy atom. The number of ether oxygens (including phenoxy) is 1. The van der Waals surface area contributed by atoms with Crippen LogP contribution in [0.25, 0.3) is 0 Å². The van der Waals surface area contributed by atoms with Gasteiger partial charge < -0.3 is 4.74 Å². The summed E-state index contributed by atoms with van der Waals surface area (Å²) in [6.45, 7) is 12.7. The number of aldehydes is 1. The molecule has 1 rings (SSSR count). The second-order valence-electron chi connectivity index (χ2n) is 7.16. The zero-order valence-electron chi connectivity index (χ0n) is 14.9. The molecular formula is C19H30O3. The van der Waals surface area contributed by atoms with E-state index in [1.807, 2.05) is 13.8 Å². The fraction of sp³-hybridized carbons (Fsp3) is 0.684. The molecule has 1 aliphatic carbocycles. The van der Waals surface area contributed by atoms with Crippen molar-refractivity contribution in [1.82, 2.24) is 0 Å². The van der Waals surface area contributed by atoms with E-state index in [-0.39, 0.29) is 11.2 Å². The fourth-order valence-electron chi connectivity index (χ4n) is 3.09. The number of Topliss-reactive ketones (excluding diaryl/α,β-unsaturated/α-hetero) is 1. The number of hydrogen-bond donors (Lipinski definition) is 0. The summed E-state index contributed by atoms with van der Waals surface area (Å²) in [6.07, 6.45) is 5.76. The van der Waals surface area contributed by atoms with E-state index in [2.05, 4.69) is 27.7 Å². The van der Waals surface area contributed by atoms with Gasteiger partial charge in [-0.25, -0.2) is 0 Å². The van der Waals surface area contributed by atoms with Gasteiger partial charge in [0.05, 0.1) is 12.2 Å². The van der Waals surface area contributed by atoms with Crippen molar-refractivity contribution in [3.8, 4) is 0 Å². The van der Waals surface area contributed by atoms with Crippen LogP contribution in [0.15, 0.2) is 22.8 Å². The zero-order valence-corrected chi connectivity index (χ0v) is 14.9. The van der Waals surface area contributed by atoms with Crippen molar-refractivity contribution >= 4 is 12.1 Å². The van der Waals surface area contributed by atoms with Gasteiger partial charge >= 0.3 is 0 Å². The first-order valence-corrected chi connectivity index (χ1v) is 8.18. The molecule has 0 spiro atoms. The van der Waals surface area contributed by atoms with Crippen LogP contribution >= 0.6 is 0 Å². The lowest BCUT2D eigenvalue weighted by atomic mass is 9.63. The van der Waals surface area contributed by atoms with Crippen LogP contribution in [0.3, 0.4) is 0 Å². The third kappa shape index (κ3) is 3.75. The van der Waals surface area contributed by atoms with E-state index in [1.54, 1.807) is 0 Å². The number of rotatable bonds is 7. The average Bonchev–Trinajstić information content (AvgIpc) is 2.43. The molecule has 1 aliphatic rings. The summed E-state index contributed by atoms with van der Waals surface area (Å²) >= 11 is 0. The van der Waals surface area contributed by atoms with Gasteiger partial charge in [0.1, 0.15) is 6.29 Å². The Morgan fingerprint density at radius 2 is 1.95 bits per heavy atom. The van der Waals surface area contributed by atoms with Gasteiger partial charge in [-0.2, -0.15) is 0 Å². The Labute approximate surface area is 134 Å². The van der Waals surface area contributed by atoms with Crippen molar-refractivity contribution in [2.75, 3.05) is 6.61 Å². The van der Waals surface area contributed by atoms with Crippen LogP contribution in [-0.4, -0.2) is 24.3 Å². The van der Waals surface area contributed by atoms with Gasteiger partial charge in [-0.05, 0) is 56.4 Å². The molecule has 0 heterocycles. The highest BCUT2D eigenvalue weighted by atomic mass is 16.5. The molecule has 0 bridgehead atoms. The molecule has 0 aromatic carbocycles. The molecule has 0 fully saturated rings. The lowest BCUT2D eigenvalue weighted by molar-refractivity contribution is -0.129. The van der Waals surface area contributed by atoms with Crippen LogP contribution < -0.4 is 0 Å². The number of allylic oxidation sites excluding steroid dienone is 2. The van der Waals surface area contributed by atoms with Crippen LogP contribution in [0.2, 0.25) is 0 Å². The summed E-state index contributed by atoms with van der Waals surface area (Å²) in [5, 5.41) is 0. The molecule has 0 saturated heterocycles. The monoisotopic (exact) mass is 306 g/mol. The van der Waals surface area contributed by atoms with E-state index in [1.165, 1.54) is 6.08 Å². The Balaban J connectivity index is 3.14. The first-order chi connectivity index (χ1) is 10.2. The molecule has 0 amide bonds. The summed E-state index contributed by atoms with van der Waals surface area (Å²) < 4.78 is 6.23. The Bertz CT molecular complexity index is 497. The zero-order chi connectivity index (χ0) is 17.0. The minimum absolute atomic E-state index is 0.259. The van der Waals surface area contributed by atoms with Crippen LogP contribution in [0.1, 0.15) is 67.2 Å². The van der Waals surface area contributed by atoms with Gasteiger partial charge in [0.15, 0.2) is 5.78 Å². The van der Waals surface area contributed by atoms with Crippen LogP contribution in [0.5, 0.6) is 0 Å². The molecule has 0 aliphatic heterocycles. The number of hydrogen-bond acceptors (Lipinski definition) is 3. The SMILES string of the molecule is CCCCC1=C(C)C(C)(OC/C(C)=C\C=O)C(C)(C)CC1=O. The summed E-state index contributed by atoms with van der Waals surface area (Å²) in [4.78, 5) is 23.0. The smallest absolute Gasteiger partial charge is 0.159 e. The molecule has 1 unspecified atom stereocenters. The molecular weight excluding hydrogens is 276 g/mol. The van der Waals surface area contributed by atoms with Crippen molar-refractivity contribution in [3.63, 3.8) is 0 Å². The van der Waals surface area contributed by atoms with Gasteiger partial charge in [-0.15, -0.1) is 0 Å². The second kappa shape index (κ2) is 7.36. The number of carbonyl (C=O) groups is 2. The Morgan fingerprint density at radius 1 is 1.32 bits per heavy atom. The maximum absolute atomic E-state index is 12.5. The summed E-state index contributed by atoms with van der Waals surface area (Å²) in [7, 11) is 0. The summed E-state index contributed by atoms with van der Waals surface area (Å²) in [5.41, 5.74) is 2.15. The van der Waals surface area contributed by atoms with Crippen molar-refractivity contribution in [2.45, 2.75) is 72.8 Å². The quantitative estimate of drug-likeness (QED) is 0.517. The fourth-order valence-corrected chi connectivity index (χ4v) is 3.09. The van der Waals surface area contributed by atoms with E-state index in [9.17, 15) is 9.59 Å². The first kappa shape index (κ1) is 18.8. The predicted octanol–water partition coefficient (Wildman–Crippen LogP) is 4.41. The molecule has 0 saturated carbocycles. The van der Waals surface area contributed by atoms with Crippen molar-refractivity contribution in [2.24, 2.45) is 5.41 Å². The number of carbonyl (C=O) groups excluding carboxylic acids is 2. The summed E-state index contributed by atoms with van der Waals surface area (Å²) in [6, 6.07) is 0. The summed E-state index contributed by atoms with van der Waals surface area (Å²) in [5.74, 6) is 0.261. The molecule has 3 nitrogen and oxygen atoms in total. The van der Waals surface area contributed by atoms with Crippen LogP contribution in [0.4, 0.5) is 0 Å². The van der Waals surface area contributed by atoms with Crippen LogP contribution in [-0.2, 0) is 14.3 Å². The lowest BCUT2D eigenvalue weighted by Crippen LogP contribution is -2.50. The minimum Gasteiger partial charge on any atom is -0.366 e. The van der Waals surface area contributed by atoms with E-state index >= 15 is 0 Å². The predicted molar refractivity (Wildman–Crippen MR) is 89.8 cm³/mol. The standard InChI is InChI=1S/C19H30O3/c1-7-8-9-16-15(3)19(6,18(4,5)12-17(16)21)22-13-14(2)10-11-20/h10-11H,7-9,12-13H2,1-6H3/b14-10-. The third-order valence-electron chi connectivity index (χ3n) is 5.12.